The summed E-state index contributed by atoms with van der Waals surface area (Å²) < 4.78 is 0. The van der Waals surface area contributed by atoms with Crippen LogP contribution in [0.15, 0.2) is 30.3 Å². The van der Waals surface area contributed by atoms with Gasteiger partial charge in [-0.3, -0.25) is 10.1 Å². The molecule has 1 aromatic carbocycles. The molecule has 0 radical (unpaired) electrons. The topological polar surface area (TPSA) is 52.9 Å². The molecule has 0 fully saturated rings. The van der Waals surface area contributed by atoms with Gasteiger partial charge in [-0.25, -0.2) is 0 Å². The zero-order chi connectivity index (χ0) is 10.4. The second kappa shape index (κ2) is 4.83. The number of nitriles is 1. The fraction of sp³-hybridized carbons (Fsp3) is 0.0909. The van der Waals surface area contributed by atoms with Crippen LogP contribution in [0, 0.1) is 18.4 Å². The predicted octanol–water partition coefficient (Wildman–Crippen LogP) is 1.61. The first-order chi connectivity index (χ1) is 6.72. The molecule has 0 unspecified atom stereocenters. The summed E-state index contributed by atoms with van der Waals surface area (Å²) in [5.41, 5.74) is 2.10. The number of nitrogens with one attached hydrogen (secondary N) is 1. The summed E-state index contributed by atoms with van der Waals surface area (Å²) in [6, 6.07) is 7.74. The summed E-state index contributed by atoms with van der Waals surface area (Å²) in [5, 5.41) is 10.2. The van der Waals surface area contributed by atoms with Gasteiger partial charge in [-0.05, 0) is 18.6 Å². The Morgan fingerprint density at radius 2 is 2.07 bits per heavy atom. The van der Waals surface area contributed by atoms with Crippen LogP contribution in [0.2, 0.25) is 0 Å². The van der Waals surface area contributed by atoms with Crippen molar-refractivity contribution in [1.82, 2.24) is 5.32 Å². The molecule has 14 heavy (non-hydrogen) atoms. The van der Waals surface area contributed by atoms with Crippen LogP contribution >= 0.6 is 0 Å². The van der Waals surface area contributed by atoms with Crippen molar-refractivity contribution in [2.45, 2.75) is 6.92 Å². The molecule has 3 heteroatoms. The molecule has 0 aliphatic carbocycles. The average Bonchev–Trinajstić information content (AvgIpc) is 2.17. The van der Waals surface area contributed by atoms with Gasteiger partial charge < -0.3 is 0 Å². The van der Waals surface area contributed by atoms with Crippen molar-refractivity contribution in [3.05, 3.63) is 41.5 Å². The van der Waals surface area contributed by atoms with Gasteiger partial charge in [-0.2, -0.15) is 5.26 Å². The Kier molecular flexibility index (Phi) is 3.45. The maximum atomic E-state index is 10.9. The highest BCUT2D eigenvalue weighted by Gasteiger charge is 1.91. The van der Waals surface area contributed by atoms with Crippen molar-refractivity contribution < 1.29 is 4.79 Å². The lowest BCUT2D eigenvalue weighted by Gasteiger charge is -1.93. The maximum Gasteiger partial charge on any atom is 0.256 e. The van der Waals surface area contributed by atoms with Gasteiger partial charge in [0.2, 0.25) is 0 Å². The van der Waals surface area contributed by atoms with E-state index < -0.39 is 5.91 Å². The first kappa shape index (κ1) is 10.0. The van der Waals surface area contributed by atoms with E-state index >= 15 is 0 Å². The zero-order valence-electron chi connectivity index (χ0n) is 7.82. The van der Waals surface area contributed by atoms with Crippen LogP contribution in [-0.4, -0.2) is 5.91 Å². The van der Waals surface area contributed by atoms with Crippen molar-refractivity contribution in [1.29, 1.82) is 5.26 Å². The van der Waals surface area contributed by atoms with Gasteiger partial charge in [0.05, 0.1) is 0 Å². The molecule has 0 heterocycles. The molecule has 0 atom stereocenters. The fourth-order valence-corrected chi connectivity index (χ4v) is 0.946. The number of carbonyl (C=O) groups is 1. The van der Waals surface area contributed by atoms with Crippen LogP contribution in [-0.2, 0) is 4.79 Å². The average molecular weight is 186 g/mol. The van der Waals surface area contributed by atoms with Crippen molar-refractivity contribution in [2.75, 3.05) is 0 Å². The van der Waals surface area contributed by atoms with Crippen molar-refractivity contribution >= 4 is 12.0 Å². The van der Waals surface area contributed by atoms with Gasteiger partial charge in [0.15, 0.2) is 6.19 Å². The highest BCUT2D eigenvalue weighted by Crippen LogP contribution is 2.04. The van der Waals surface area contributed by atoms with E-state index in [1.165, 1.54) is 11.6 Å². The molecule has 1 amide bonds. The number of nitrogens with zero attached hydrogens (tertiary/aromatic N) is 1. The molecule has 0 aliphatic heterocycles. The van der Waals surface area contributed by atoms with Gasteiger partial charge in [0, 0.05) is 6.08 Å². The monoisotopic (exact) mass is 186 g/mol. The molecule has 0 saturated carbocycles. The van der Waals surface area contributed by atoms with E-state index in [-0.39, 0.29) is 0 Å². The molecule has 0 bridgehead atoms. The lowest BCUT2D eigenvalue weighted by Crippen LogP contribution is -2.13. The minimum atomic E-state index is -0.409. The quantitative estimate of drug-likeness (QED) is 0.433. The minimum absolute atomic E-state index is 0.409. The summed E-state index contributed by atoms with van der Waals surface area (Å²) in [5.74, 6) is -0.409. The molecule has 0 aromatic heterocycles. The van der Waals surface area contributed by atoms with Gasteiger partial charge in [-0.15, -0.1) is 0 Å². The molecule has 70 valence electrons. The number of hydrogen-bond acceptors (Lipinski definition) is 2. The number of aryl methyl sites for hydroxylation is 1. The molecule has 0 spiro atoms. The van der Waals surface area contributed by atoms with Gasteiger partial charge >= 0.3 is 0 Å². The predicted molar refractivity (Wildman–Crippen MR) is 54.0 cm³/mol. The first-order valence-electron chi connectivity index (χ1n) is 4.16. The highest BCUT2D eigenvalue weighted by atomic mass is 16.1. The highest BCUT2D eigenvalue weighted by molar-refractivity contribution is 5.92. The van der Waals surface area contributed by atoms with Crippen molar-refractivity contribution in [3.8, 4) is 6.19 Å². The number of amides is 1. The van der Waals surface area contributed by atoms with Crippen molar-refractivity contribution in [2.24, 2.45) is 0 Å². The van der Waals surface area contributed by atoms with E-state index in [0.717, 1.165) is 5.56 Å². The van der Waals surface area contributed by atoms with Crippen LogP contribution < -0.4 is 5.32 Å². The van der Waals surface area contributed by atoms with Gasteiger partial charge in [0.25, 0.3) is 5.91 Å². The SMILES string of the molecule is Cc1ccc(C=CC(=O)NC#N)cc1. The van der Waals surface area contributed by atoms with Crippen LogP contribution in [0.5, 0.6) is 0 Å². The molecule has 0 saturated heterocycles. The summed E-state index contributed by atoms with van der Waals surface area (Å²) in [6.45, 7) is 2.00. The third-order valence-electron chi connectivity index (χ3n) is 1.68. The minimum Gasteiger partial charge on any atom is -0.269 e. The summed E-state index contributed by atoms with van der Waals surface area (Å²) in [7, 11) is 0. The Hall–Kier alpha value is -2.08. The van der Waals surface area contributed by atoms with Gasteiger partial charge in [0.1, 0.15) is 0 Å². The van der Waals surface area contributed by atoms with E-state index in [2.05, 4.69) is 0 Å². The summed E-state index contributed by atoms with van der Waals surface area (Å²) in [6.07, 6.45) is 4.55. The van der Waals surface area contributed by atoms with E-state index in [1.807, 2.05) is 36.5 Å². The molecule has 0 aliphatic rings. The van der Waals surface area contributed by atoms with Crippen LogP contribution in [0.4, 0.5) is 0 Å². The third-order valence-corrected chi connectivity index (χ3v) is 1.68. The summed E-state index contributed by atoms with van der Waals surface area (Å²) >= 11 is 0. The first-order valence-corrected chi connectivity index (χ1v) is 4.16. The number of hydrogen-bond donors (Lipinski definition) is 1. The largest absolute Gasteiger partial charge is 0.269 e. The molecule has 1 aromatic rings. The van der Waals surface area contributed by atoms with Crippen LogP contribution in [0.25, 0.3) is 6.08 Å². The second-order valence-electron chi connectivity index (χ2n) is 2.85. The van der Waals surface area contributed by atoms with E-state index in [4.69, 9.17) is 5.26 Å². The Labute approximate surface area is 82.7 Å². The Balaban J connectivity index is 2.65. The molecule has 1 rings (SSSR count). The normalized spacial score (nSPS) is 9.71. The number of benzene rings is 1. The smallest absolute Gasteiger partial charge is 0.256 e. The third kappa shape index (κ3) is 3.11. The molecule has 3 nitrogen and oxygen atoms in total. The summed E-state index contributed by atoms with van der Waals surface area (Å²) in [4.78, 5) is 10.9. The Morgan fingerprint density at radius 1 is 1.43 bits per heavy atom. The van der Waals surface area contributed by atoms with Crippen LogP contribution in [0.3, 0.4) is 0 Å². The second-order valence-corrected chi connectivity index (χ2v) is 2.85. The molecular formula is C11H10N2O. The van der Waals surface area contributed by atoms with Crippen molar-refractivity contribution in [3.63, 3.8) is 0 Å². The maximum absolute atomic E-state index is 10.9. The lowest BCUT2D eigenvalue weighted by molar-refractivity contribution is -0.115. The van der Waals surface area contributed by atoms with Crippen LogP contribution in [0.1, 0.15) is 11.1 Å². The Morgan fingerprint density at radius 3 is 2.64 bits per heavy atom. The molecule has 1 N–H and O–H groups in total. The van der Waals surface area contributed by atoms with E-state index in [1.54, 1.807) is 12.3 Å². The lowest BCUT2D eigenvalue weighted by atomic mass is 10.1. The molecular weight excluding hydrogens is 176 g/mol. The van der Waals surface area contributed by atoms with Gasteiger partial charge in [-0.1, -0.05) is 29.8 Å². The van der Waals surface area contributed by atoms with E-state index in [0.29, 0.717) is 0 Å². The standard InChI is InChI=1S/C11H10N2O/c1-9-2-4-10(5-3-9)6-7-11(14)13-8-12/h2-7H,1H3,(H,13,14). The van der Waals surface area contributed by atoms with E-state index in [9.17, 15) is 4.79 Å². The fourth-order valence-electron chi connectivity index (χ4n) is 0.946. The number of carbonyl (C=O) groups excluding carboxylic acids is 1. The Bertz CT molecular complexity index is 385. The zero-order valence-corrected chi connectivity index (χ0v) is 7.82. The number of rotatable bonds is 2.